The summed E-state index contributed by atoms with van der Waals surface area (Å²) in [5.41, 5.74) is 4.35. The second kappa shape index (κ2) is 13.1. The van der Waals surface area contributed by atoms with Crippen LogP contribution in [0.15, 0.2) is 72.8 Å². The molecule has 0 bridgehead atoms. The van der Waals surface area contributed by atoms with Crippen LogP contribution in [0.3, 0.4) is 0 Å². The summed E-state index contributed by atoms with van der Waals surface area (Å²) in [7, 11) is 0. The summed E-state index contributed by atoms with van der Waals surface area (Å²) in [6.45, 7) is 4.94. The van der Waals surface area contributed by atoms with Crippen molar-refractivity contribution in [2.45, 2.75) is 83.6 Å². The fourth-order valence-corrected chi connectivity index (χ4v) is 8.11. The van der Waals surface area contributed by atoms with Crippen LogP contribution in [0.2, 0.25) is 0 Å². The van der Waals surface area contributed by atoms with Gasteiger partial charge in [-0.05, 0) is 57.7 Å². The van der Waals surface area contributed by atoms with E-state index in [2.05, 4.69) is 0 Å². The molecule has 10 heteroatoms. The predicted octanol–water partition coefficient (Wildman–Crippen LogP) is 6.81. The second-order valence-electron chi connectivity index (χ2n) is 13.3. The zero-order valence-electron chi connectivity index (χ0n) is 28.3. The number of esters is 3. The summed E-state index contributed by atoms with van der Waals surface area (Å²) in [5.74, 6) is -1.26. The molecule has 2 aromatic heterocycles. The summed E-state index contributed by atoms with van der Waals surface area (Å²) < 4.78 is 33.5. The van der Waals surface area contributed by atoms with Crippen molar-refractivity contribution in [3.8, 4) is 0 Å². The zero-order chi connectivity index (χ0) is 34.4. The van der Waals surface area contributed by atoms with E-state index in [0.29, 0.717) is 37.2 Å². The van der Waals surface area contributed by atoms with Crippen LogP contribution in [0.4, 0.5) is 0 Å². The maximum atomic E-state index is 13.9. The summed E-state index contributed by atoms with van der Waals surface area (Å²) in [6, 6.07) is 23.1. The fraction of sp³-hybridized carbons (Fsp3) is 0.375. The van der Waals surface area contributed by atoms with Gasteiger partial charge < -0.3 is 32.8 Å². The Morgan fingerprint density at radius 3 is 1.68 bits per heavy atom. The maximum Gasteiger partial charge on any atom is 0.340 e. The van der Waals surface area contributed by atoms with Crippen LogP contribution in [0.1, 0.15) is 77.0 Å². The van der Waals surface area contributed by atoms with Gasteiger partial charge in [-0.3, -0.25) is 9.59 Å². The quantitative estimate of drug-likeness (QED) is 0.130. The van der Waals surface area contributed by atoms with Gasteiger partial charge in [0.2, 0.25) is 12.6 Å². The molecule has 0 spiro atoms. The maximum absolute atomic E-state index is 13.9. The summed E-state index contributed by atoms with van der Waals surface area (Å²) in [4.78, 5) is 40.8. The molecular weight excluding hydrogens is 636 g/mol. The van der Waals surface area contributed by atoms with Gasteiger partial charge in [0.15, 0.2) is 5.60 Å². The summed E-state index contributed by atoms with van der Waals surface area (Å²) in [5, 5.41) is 1.67. The average molecular weight is 677 g/mol. The van der Waals surface area contributed by atoms with Crippen LogP contribution >= 0.6 is 0 Å². The van der Waals surface area contributed by atoms with Crippen LogP contribution in [0.5, 0.6) is 0 Å². The SMILES string of the molecule is Cc1c(C2(c3c(C)n(CC(=O)OC4CCCCO4)c4ccccc34)OC(=O)c3ccccc32)c2ccccc2n1CC(=O)OC1CCCCO1. The highest BCUT2D eigenvalue weighted by Crippen LogP contribution is 2.54. The topological polar surface area (TPSA) is 107 Å². The van der Waals surface area contributed by atoms with Crippen molar-refractivity contribution >= 4 is 39.7 Å². The van der Waals surface area contributed by atoms with Gasteiger partial charge in [-0.25, -0.2) is 4.79 Å². The Labute approximate surface area is 289 Å². The molecule has 0 amide bonds. The van der Waals surface area contributed by atoms with Gasteiger partial charge in [-0.15, -0.1) is 0 Å². The van der Waals surface area contributed by atoms with E-state index in [4.69, 9.17) is 23.7 Å². The Bertz CT molecular complexity index is 2000. The zero-order valence-corrected chi connectivity index (χ0v) is 28.3. The van der Waals surface area contributed by atoms with E-state index < -0.39 is 36.1 Å². The van der Waals surface area contributed by atoms with Crippen molar-refractivity contribution in [1.29, 1.82) is 0 Å². The smallest absolute Gasteiger partial charge is 0.340 e. The number of aromatic nitrogens is 2. The van der Waals surface area contributed by atoms with Gasteiger partial charge in [0.25, 0.3) is 0 Å². The Morgan fingerprint density at radius 2 is 1.18 bits per heavy atom. The molecule has 8 rings (SSSR count). The van der Waals surface area contributed by atoms with Crippen LogP contribution in [0.25, 0.3) is 21.8 Å². The Morgan fingerprint density at radius 1 is 0.700 bits per heavy atom. The number of carbonyl (C=O) groups excluding carboxylic acids is 3. The number of ether oxygens (including phenoxy) is 5. The highest BCUT2D eigenvalue weighted by Gasteiger charge is 2.53. The van der Waals surface area contributed by atoms with E-state index in [9.17, 15) is 14.4 Å². The van der Waals surface area contributed by atoms with Crippen LogP contribution < -0.4 is 0 Å². The van der Waals surface area contributed by atoms with E-state index in [1.165, 1.54) is 0 Å². The molecule has 0 aliphatic carbocycles. The van der Waals surface area contributed by atoms with Crippen LogP contribution in [-0.4, -0.2) is 52.8 Å². The van der Waals surface area contributed by atoms with E-state index in [1.807, 2.05) is 89.7 Å². The first-order valence-electron chi connectivity index (χ1n) is 17.5. The van der Waals surface area contributed by atoms with E-state index in [-0.39, 0.29) is 13.1 Å². The third-order valence-corrected chi connectivity index (χ3v) is 10.3. The lowest BCUT2D eigenvalue weighted by atomic mass is 9.77. The first-order chi connectivity index (χ1) is 24.4. The molecule has 50 heavy (non-hydrogen) atoms. The number of cyclic esters (lactones) is 1. The molecule has 2 saturated heterocycles. The normalized spacial score (nSPS) is 22.0. The molecule has 5 heterocycles. The third-order valence-electron chi connectivity index (χ3n) is 10.3. The van der Waals surface area contributed by atoms with E-state index in [0.717, 1.165) is 70.0 Å². The minimum Gasteiger partial charge on any atom is -0.440 e. The molecule has 3 aliphatic heterocycles. The van der Waals surface area contributed by atoms with Gasteiger partial charge in [0.1, 0.15) is 13.1 Å². The number of carbonyl (C=O) groups is 3. The second-order valence-corrected chi connectivity index (χ2v) is 13.3. The lowest BCUT2D eigenvalue weighted by Gasteiger charge is -2.31. The van der Waals surface area contributed by atoms with Gasteiger partial charge in [0, 0.05) is 62.7 Å². The molecule has 5 aromatic rings. The minimum atomic E-state index is -1.41. The van der Waals surface area contributed by atoms with Crippen molar-refractivity contribution in [3.05, 3.63) is 106 Å². The molecule has 258 valence electrons. The monoisotopic (exact) mass is 676 g/mol. The summed E-state index contributed by atoms with van der Waals surface area (Å²) in [6.07, 6.45) is 4.01. The molecule has 3 aliphatic rings. The fourth-order valence-electron chi connectivity index (χ4n) is 8.11. The van der Waals surface area contributed by atoms with Gasteiger partial charge in [-0.1, -0.05) is 54.6 Å². The minimum absolute atomic E-state index is 0.0479. The number of hydrogen-bond donors (Lipinski definition) is 0. The molecule has 3 aromatic carbocycles. The molecule has 2 unspecified atom stereocenters. The molecule has 2 fully saturated rings. The first kappa shape index (κ1) is 32.3. The van der Waals surface area contributed by atoms with Gasteiger partial charge in [0.05, 0.1) is 18.8 Å². The van der Waals surface area contributed by atoms with E-state index >= 15 is 0 Å². The average Bonchev–Trinajstić information content (AvgIpc) is 3.69. The van der Waals surface area contributed by atoms with Crippen LogP contribution in [0, 0.1) is 13.8 Å². The van der Waals surface area contributed by atoms with Crippen molar-refractivity contribution in [2.24, 2.45) is 0 Å². The third kappa shape index (κ3) is 5.38. The van der Waals surface area contributed by atoms with Gasteiger partial charge in [-0.2, -0.15) is 0 Å². The molecule has 0 N–H and O–H groups in total. The lowest BCUT2D eigenvalue weighted by molar-refractivity contribution is -0.188. The number of para-hydroxylation sites is 2. The Kier molecular flexibility index (Phi) is 8.44. The number of benzene rings is 3. The Hall–Kier alpha value is -4.93. The van der Waals surface area contributed by atoms with E-state index in [1.54, 1.807) is 6.07 Å². The predicted molar refractivity (Wildman–Crippen MR) is 184 cm³/mol. The van der Waals surface area contributed by atoms with Gasteiger partial charge >= 0.3 is 17.9 Å². The highest BCUT2D eigenvalue weighted by molar-refractivity contribution is 6.01. The van der Waals surface area contributed by atoms with Crippen molar-refractivity contribution in [2.75, 3.05) is 13.2 Å². The number of fused-ring (bicyclic) bond motifs is 3. The molecule has 0 saturated carbocycles. The van der Waals surface area contributed by atoms with Crippen molar-refractivity contribution in [1.82, 2.24) is 9.13 Å². The van der Waals surface area contributed by atoms with Crippen molar-refractivity contribution in [3.63, 3.8) is 0 Å². The number of nitrogens with zero attached hydrogens (tertiary/aromatic N) is 2. The number of hydrogen-bond acceptors (Lipinski definition) is 8. The number of rotatable bonds is 8. The van der Waals surface area contributed by atoms with Crippen LogP contribution in [-0.2, 0) is 52.0 Å². The molecule has 2 atom stereocenters. The van der Waals surface area contributed by atoms with Crippen molar-refractivity contribution < 1.29 is 38.1 Å². The first-order valence-corrected chi connectivity index (χ1v) is 17.5. The summed E-state index contributed by atoms with van der Waals surface area (Å²) >= 11 is 0. The Balaban J connectivity index is 1.31. The largest absolute Gasteiger partial charge is 0.440 e. The standard InChI is InChI=1S/C40H40N2O8/c1-25-37(28-14-4-7-17-31(28)41(25)23-33(43)48-35-19-9-11-21-46-35)40(30-16-6-3-13-27(30)39(45)50-40)38-26(2)42(32-18-8-5-15-29(32)38)24-34(44)49-36-20-10-12-22-47-36/h3-8,13-18,35-36H,9-12,19-24H2,1-2H3. The molecular formula is C40H40N2O8. The highest BCUT2D eigenvalue weighted by atomic mass is 16.7. The molecule has 0 radical (unpaired) electrons. The molecule has 10 nitrogen and oxygen atoms in total. The lowest BCUT2D eigenvalue weighted by Crippen LogP contribution is -2.32.